The van der Waals surface area contributed by atoms with Crippen LogP contribution < -0.4 is 11.3 Å². The number of nitriles is 1. The van der Waals surface area contributed by atoms with Gasteiger partial charge in [-0.3, -0.25) is 9.48 Å². The first-order valence-electron chi connectivity index (χ1n) is 6.47. The third kappa shape index (κ3) is 1.78. The minimum Gasteiger partial charge on any atom is -0.382 e. The molecule has 0 saturated heterocycles. The lowest BCUT2D eigenvalue weighted by Crippen LogP contribution is -2.23. The van der Waals surface area contributed by atoms with Crippen molar-refractivity contribution in [3.8, 4) is 6.07 Å². The van der Waals surface area contributed by atoms with Gasteiger partial charge in [-0.15, -0.1) is 0 Å². The van der Waals surface area contributed by atoms with E-state index in [1.165, 1.54) is 0 Å². The molecule has 0 aromatic carbocycles. The Balaban J connectivity index is 2.18. The quantitative estimate of drug-likeness (QED) is 0.809. The van der Waals surface area contributed by atoms with E-state index in [1.807, 2.05) is 0 Å². The molecule has 0 bridgehead atoms. The van der Waals surface area contributed by atoms with Crippen LogP contribution in [0.25, 0.3) is 10.9 Å². The van der Waals surface area contributed by atoms with E-state index in [0.717, 1.165) is 25.7 Å². The summed E-state index contributed by atoms with van der Waals surface area (Å²) in [6, 6.07) is 4.16. The second kappa shape index (κ2) is 4.43. The molecular formula is C13H15N5O. The zero-order valence-corrected chi connectivity index (χ0v) is 10.5. The Bertz CT molecular complexity index is 708. The van der Waals surface area contributed by atoms with E-state index in [4.69, 9.17) is 5.73 Å². The highest BCUT2D eigenvalue weighted by Gasteiger charge is 2.29. The van der Waals surface area contributed by atoms with Crippen LogP contribution >= 0.6 is 0 Å². The average Bonchev–Trinajstić information content (AvgIpc) is 2.77. The monoisotopic (exact) mass is 257 g/mol. The number of hydrogen-bond donors (Lipinski definition) is 2. The number of hydrogen-bond acceptors (Lipinski definition) is 4. The second-order valence-electron chi connectivity index (χ2n) is 4.98. The molecule has 2 aromatic heterocycles. The molecule has 1 aliphatic carbocycles. The summed E-state index contributed by atoms with van der Waals surface area (Å²) in [5.74, 6) is 0.176. The van der Waals surface area contributed by atoms with E-state index < -0.39 is 0 Å². The summed E-state index contributed by atoms with van der Waals surface area (Å²) < 4.78 is 1.77. The lowest BCUT2D eigenvalue weighted by Gasteiger charge is -2.27. The molecule has 0 spiro atoms. The zero-order chi connectivity index (χ0) is 13.4. The molecule has 6 heteroatoms. The number of rotatable bonds is 1. The van der Waals surface area contributed by atoms with Crippen molar-refractivity contribution < 1.29 is 0 Å². The van der Waals surface area contributed by atoms with E-state index in [2.05, 4.69) is 16.2 Å². The van der Waals surface area contributed by atoms with Gasteiger partial charge in [0.05, 0.1) is 23.5 Å². The number of nitrogens with zero attached hydrogens (tertiary/aromatic N) is 3. The van der Waals surface area contributed by atoms with Crippen molar-refractivity contribution in [3.63, 3.8) is 0 Å². The molecule has 3 N–H and O–H groups in total. The molecule has 19 heavy (non-hydrogen) atoms. The molecule has 98 valence electrons. The predicted octanol–water partition coefficient (Wildman–Crippen LogP) is 1.56. The van der Waals surface area contributed by atoms with Gasteiger partial charge in [-0.05, 0) is 18.9 Å². The number of pyridine rings is 1. The Labute approximate surface area is 109 Å². The minimum absolute atomic E-state index is 0.0142. The predicted molar refractivity (Wildman–Crippen MR) is 71.4 cm³/mol. The number of nitrogen functional groups attached to an aromatic ring is 1. The fraction of sp³-hybridized carbons (Fsp3) is 0.462. The van der Waals surface area contributed by atoms with Crippen LogP contribution in [0.3, 0.4) is 0 Å². The molecule has 0 unspecified atom stereocenters. The van der Waals surface area contributed by atoms with E-state index in [9.17, 15) is 10.1 Å². The van der Waals surface area contributed by atoms with Gasteiger partial charge in [0.25, 0.3) is 5.56 Å². The number of aromatic amines is 1. The summed E-state index contributed by atoms with van der Waals surface area (Å²) in [5, 5.41) is 14.0. The third-order valence-corrected chi connectivity index (χ3v) is 3.87. The summed E-state index contributed by atoms with van der Waals surface area (Å²) in [6.45, 7) is 0. The molecule has 1 saturated carbocycles. The van der Waals surface area contributed by atoms with Crippen molar-refractivity contribution in [2.24, 2.45) is 5.92 Å². The molecule has 0 amide bonds. The maximum atomic E-state index is 11.8. The van der Waals surface area contributed by atoms with Crippen LogP contribution in [0.1, 0.15) is 31.7 Å². The maximum absolute atomic E-state index is 11.8. The molecule has 0 radical (unpaired) electrons. The molecule has 1 fully saturated rings. The Morgan fingerprint density at radius 2 is 2.26 bits per heavy atom. The van der Waals surface area contributed by atoms with Crippen LogP contribution in [-0.2, 0) is 0 Å². The van der Waals surface area contributed by atoms with Crippen molar-refractivity contribution in [1.82, 2.24) is 14.8 Å². The summed E-state index contributed by atoms with van der Waals surface area (Å²) >= 11 is 0. The summed E-state index contributed by atoms with van der Waals surface area (Å²) in [5.41, 5.74) is 6.32. The van der Waals surface area contributed by atoms with Gasteiger partial charge in [-0.1, -0.05) is 12.8 Å². The Morgan fingerprint density at radius 3 is 3.05 bits per heavy atom. The summed E-state index contributed by atoms with van der Waals surface area (Å²) in [4.78, 5) is 14.4. The fourth-order valence-corrected chi connectivity index (χ4v) is 2.93. The Hall–Kier alpha value is -2.29. The Morgan fingerprint density at radius 1 is 1.47 bits per heavy atom. The number of anilines is 1. The highest BCUT2D eigenvalue weighted by molar-refractivity contribution is 5.88. The molecule has 2 atom stereocenters. The Kier molecular flexibility index (Phi) is 2.75. The third-order valence-electron chi connectivity index (χ3n) is 3.87. The van der Waals surface area contributed by atoms with Gasteiger partial charge in [0, 0.05) is 6.20 Å². The van der Waals surface area contributed by atoms with Gasteiger partial charge in [0.2, 0.25) is 0 Å². The normalized spacial score (nSPS) is 23.3. The van der Waals surface area contributed by atoms with Gasteiger partial charge < -0.3 is 10.7 Å². The van der Waals surface area contributed by atoms with Crippen molar-refractivity contribution in [1.29, 1.82) is 5.26 Å². The van der Waals surface area contributed by atoms with E-state index in [0.29, 0.717) is 10.9 Å². The summed E-state index contributed by atoms with van der Waals surface area (Å²) in [7, 11) is 0. The van der Waals surface area contributed by atoms with E-state index in [1.54, 1.807) is 16.9 Å². The van der Waals surface area contributed by atoms with Crippen LogP contribution in [0.15, 0.2) is 17.1 Å². The van der Waals surface area contributed by atoms with Gasteiger partial charge in [-0.2, -0.15) is 10.4 Å². The number of fused-ring (bicyclic) bond motifs is 1. The average molecular weight is 257 g/mol. The molecule has 0 aliphatic heterocycles. The fourth-order valence-electron chi connectivity index (χ4n) is 2.93. The second-order valence-corrected chi connectivity index (χ2v) is 4.98. The van der Waals surface area contributed by atoms with Crippen LogP contribution in [-0.4, -0.2) is 14.8 Å². The number of H-pyrrole nitrogens is 1. The number of aromatic nitrogens is 3. The lowest BCUT2D eigenvalue weighted by molar-refractivity contribution is 0.277. The largest absolute Gasteiger partial charge is 0.382 e. The van der Waals surface area contributed by atoms with Gasteiger partial charge >= 0.3 is 0 Å². The van der Waals surface area contributed by atoms with Crippen LogP contribution in [0, 0.1) is 17.2 Å². The van der Waals surface area contributed by atoms with Gasteiger partial charge in [0.15, 0.2) is 5.82 Å². The number of nitrogens with two attached hydrogens (primary N) is 1. The molecule has 2 heterocycles. The van der Waals surface area contributed by atoms with Crippen molar-refractivity contribution in [2.45, 2.75) is 31.7 Å². The topological polar surface area (TPSA) is 100 Å². The van der Waals surface area contributed by atoms with Crippen molar-refractivity contribution >= 4 is 16.7 Å². The van der Waals surface area contributed by atoms with Crippen LogP contribution in [0.4, 0.5) is 5.82 Å². The first-order valence-corrected chi connectivity index (χ1v) is 6.47. The molecule has 1 aliphatic rings. The van der Waals surface area contributed by atoms with Crippen molar-refractivity contribution in [3.05, 3.63) is 22.6 Å². The molecule has 6 nitrogen and oxygen atoms in total. The molecule has 3 rings (SSSR count). The first-order chi connectivity index (χ1) is 9.22. The zero-order valence-electron chi connectivity index (χ0n) is 10.5. The standard InChI is InChI=1S/C13H15N5O/c14-7-8-3-1-2-4-9(8)18-10-5-6-16-13(19)11(10)12(15)17-18/h5-6,8-9H,1-4H2,(H2,15,17)(H,16,19)/t8-,9+/m1/s1. The van der Waals surface area contributed by atoms with E-state index >= 15 is 0 Å². The number of nitrogens with one attached hydrogen (secondary N) is 1. The van der Waals surface area contributed by atoms with Crippen molar-refractivity contribution in [2.75, 3.05) is 5.73 Å². The first kappa shape index (κ1) is 11.8. The lowest BCUT2D eigenvalue weighted by atomic mass is 9.85. The highest BCUT2D eigenvalue weighted by Crippen LogP contribution is 2.35. The smallest absolute Gasteiger partial charge is 0.261 e. The highest BCUT2D eigenvalue weighted by atomic mass is 16.1. The van der Waals surface area contributed by atoms with Gasteiger partial charge in [-0.25, -0.2) is 0 Å². The van der Waals surface area contributed by atoms with Crippen LogP contribution in [0.2, 0.25) is 0 Å². The van der Waals surface area contributed by atoms with Gasteiger partial charge in [0.1, 0.15) is 5.39 Å². The molecular weight excluding hydrogens is 242 g/mol. The minimum atomic E-state index is -0.231. The van der Waals surface area contributed by atoms with Crippen LogP contribution in [0.5, 0.6) is 0 Å². The maximum Gasteiger partial charge on any atom is 0.261 e. The molecule has 2 aromatic rings. The van der Waals surface area contributed by atoms with E-state index in [-0.39, 0.29) is 23.3 Å². The summed E-state index contributed by atoms with van der Waals surface area (Å²) in [6.07, 6.45) is 5.52. The SMILES string of the molecule is N#C[C@H]1CCCC[C@@H]1n1nc(N)c2c(=O)[nH]ccc21.